The molecule has 0 radical (unpaired) electrons. The molecule has 1 aromatic carbocycles. The van der Waals surface area contributed by atoms with E-state index in [2.05, 4.69) is 15.0 Å². The van der Waals surface area contributed by atoms with Crippen molar-refractivity contribution in [2.45, 2.75) is 18.9 Å². The molecular weight excluding hydrogens is 296 g/mol. The van der Waals surface area contributed by atoms with Crippen molar-refractivity contribution in [1.82, 2.24) is 19.5 Å². The largest absolute Gasteiger partial charge is 0.497 e. The molecule has 0 N–H and O–H groups in total. The minimum absolute atomic E-state index is 0.144. The Kier molecular flexibility index (Phi) is 3.18. The molecule has 1 aliphatic rings. The average molecular weight is 310 g/mol. The van der Waals surface area contributed by atoms with E-state index in [1.165, 1.54) is 6.20 Å². The summed E-state index contributed by atoms with van der Waals surface area (Å²) in [7, 11) is 1.60. The van der Waals surface area contributed by atoms with Crippen molar-refractivity contribution in [1.29, 1.82) is 0 Å². The molecule has 1 aliphatic carbocycles. The van der Waals surface area contributed by atoms with Gasteiger partial charge in [0.2, 0.25) is 0 Å². The van der Waals surface area contributed by atoms with Crippen LogP contribution in [0.4, 0.5) is 0 Å². The van der Waals surface area contributed by atoms with Crippen LogP contribution in [-0.2, 0) is 0 Å². The van der Waals surface area contributed by atoms with Gasteiger partial charge in [-0.3, -0.25) is 9.36 Å². The monoisotopic (exact) mass is 310 g/mol. The number of aromatic nitrogens is 4. The summed E-state index contributed by atoms with van der Waals surface area (Å²) in [6.07, 6.45) is 4.85. The van der Waals surface area contributed by atoms with Gasteiger partial charge in [-0.15, -0.1) is 0 Å². The Hall–Kier alpha value is -2.96. The lowest BCUT2D eigenvalue weighted by molar-refractivity contribution is 0.410. The Morgan fingerprint density at radius 3 is 2.52 bits per heavy atom. The summed E-state index contributed by atoms with van der Waals surface area (Å²) in [5.74, 6) is 1.33. The molecule has 1 fully saturated rings. The predicted molar refractivity (Wildman–Crippen MR) is 82.9 cm³/mol. The van der Waals surface area contributed by atoms with Crippen LogP contribution in [0.3, 0.4) is 0 Å². The van der Waals surface area contributed by atoms with Gasteiger partial charge in [-0.2, -0.15) is 4.98 Å². The molecule has 1 saturated carbocycles. The van der Waals surface area contributed by atoms with Crippen molar-refractivity contribution in [2.75, 3.05) is 7.11 Å². The maximum Gasteiger partial charge on any atom is 0.324 e. The molecule has 3 aromatic rings. The molecule has 4 rings (SSSR count). The summed E-state index contributed by atoms with van der Waals surface area (Å²) in [6, 6.07) is 7.50. The fourth-order valence-electron chi connectivity index (χ4n) is 2.39. The van der Waals surface area contributed by atoms with E-state index in [-0.39, 0.29) is 17.6 Å². The average Bonchev–Trinajstić information content (AvgIpc) is 3.40. The van der Waals surface area contributed by atoms with E-state index in [0.29, 0.717) is 16.9 Å². The van der Waals surface area contributed by atoms with Crippen molar-refractivity contribution >= 4 is 11.2 Å². The molecule has 0 spiro atoms. The summed E-state index contributed by atoms with van der Waals surface area (Å²) in [6.45, 7) is 0. The summed E-state index contributed by atoms with van der Waals surface area (Å²) in [5.41, 5.74) is 0.950. The normalized spacial score (nSPS) is 14.0. The lowest BCUT2D eigenvalue weighted by Gasteiger charge is -2.09. The molecular formula is C16H14N4O3. The van der Waals surface area contributed by atoms with Crippen molar-refractivity contribution < 1.29 is 9.47 Å². The first-order chi connectivity index (χ1) is 11.2. The Labute approximate surface area is 131 Å². The van der Waals surface area contributed by atoms with Crippen molar-refractivity contribution in [3.63, 3.8) is 0 Å². The maximum atomic E-state index is 12.0. The Morgan fingerprint density at radius 2 is 1.83 bits per heavy atom. The molecule has 0 saturated heterocycles. The van der Waals surface area contributed by atoms with Crippen molar-refractivity contribution in [2.24, 2.45) is 0 Å². The molecule has 7 heteroatoms. The summed E-state index contributed by atoms with van der Waals surface area (Å²) < 4.78 is 12.4. The third-order valence-electron chi connectivity index (χ3n) is 3.69. The highest BCUT2D eigenvalue weighted by molar-refractivity contribution is 5.69. The second-order valence-corrected chi connectivity index (χ2v) is 5.34. The zero-order chi connectivity index (χ0) is 15.8. The van der Waals surface area contributed by atoms with Gasteiger partial charge in [0.1, 0.15) is 17.0 Å². The standard InChI is InChI=1S/C16H14N4O3/c1-22-11-4-6-12(7-5-11)23-16-18-8-13-15(19-16)20(10-2-3-10)14(21)9-17-13/h4-10H,2-3H2,1H3. The van der Waals surface area contributed by atoms with Crippen LogP contribution in [0.2, 0.25) is 0 Å². The van der Waals surface area contributed by atoms with Crippen LogP contribution in [0.25, 0.3) is 11.2 Å². The third-order valence-corrected chi connectivity index (χ3v) is 3.69. The van der Waals surface area contributed by atoms with Gasteiger partial charge >= 0.3 is 6.01 Å². The predicted octanol–water partition coefficient (Wildman–Crippen LogP) is 2.32. The zero-order valence-electron chi connectivity index (χ0n) is 12.5. The minimum atomic E-state index is -0.144. The number of methoxy groups -OCH3 is 1. The van der Waals surface area contributed by atoms with Crippen LogP contribution in [0.15, 0.2) is 41.5 Å². The third kappa shape index (κ3) is 2.61. The summed E-state index contributed by atoms with van der Waals surface area (Å²) in [4.78, 5) is 24.7. The van der Waals surface area contributed by atoms with E-state index in [1.807, 2.05) is 0 Å². The highest BCUT2D eigenvalue weighted by Crippen LogP contribution is 2.35. The summed E-state index contributed by atoms with van der Waals surface area (Å²) in [5, 5.41) is 0. The molecule has 0 bridgehead atoms. The molecule has 0 amide bonds. The molecule has 2 aromatic heterocycles. The number of benzene rings is 1. The van der Waals surface area contributed by atoms with Gasteiger partial charge < -0.3 is 9.47 Å². The zero-order valence-corrected chi connectivity index (χ0v) is 12.5. The van der Waals surface area contributed by atoms with Crippen molar-refractivity contribution in [3.05, 3.63) is 47.0 Å². The van der Waals surface area contributed by atoms with E-state index in [0.717, 1.165) is 18.6 Å². The van der Waals surface area contributed by atoms with Gasteiger partial charge in [-0.05, 0) is 37.1 Å². The van der Waals surface area contributed by atoms with Gasteiger partial charge in [0.25, 0.3) is 5.56 Å². The molecule has 23 heavy (non-hydrogen) atoms. The van der Waals surface area contributed by atoms with E-state index < -0.39 is 0 Å². The van der Waals surface area contributed by atoms with Crippen LogP contribution >= 0.6 is 0 Å². The minimum Gasteiger partial charge on any atom is -0.497 e. The fourth-order valence-corrected chi connectivity index (χ4v) is 2.39. The van der Waals surface area contributed by atoms with E-state index in [1.54, 1.807) is 42.1 Å². The molecule has 0 aliphatic heterocycles. The number of hydrogen-bond acceptors (Lipinski definition) is 6. The first kappa shape index (κ1) is 13.7. The first-order valence-electron chi connectivity index (χ1n) is 7.31. The Balaban J connectivity index is 1.72. The molecule has 2 heterocycles. The number of hydrogen-bond donors (Lipinski definition) is 0. The van der Waals surface area contributed by atoms with Gasteiger partial charge in [0.15, 0.2) is 5.65 Å². The second-order valence-electron chi connectivity index (χ2n) is 5.34. The number of fused-ring (bicyclic) bond motifs is 1. The molecule has 116 valence electrons. The van der Waals surface area contributed by atoms with Crippen LogP contribution in [0, 0.1) is 0 Å². The molecule has 0 unspecified atom stereocenters. The van der Waals surface area contributed by atoms with Gasteiger partial charge in [-0.25, -0.2) is 9.97 Å². The second kappa shape index (κ2) is 5.35. The Bertz CT molecular complexity index is 917. The highest BCUT2D eigenvalue weighted by atomic mass is 16.5. The maximum absolute atomic E-state index is 12.0. The smallest absolute Gasteiger partial charge is 0.324 e. The first-order valence-corrected chi connectivity index (χ1v) is 7.31. The number of ether oxygens (including phenoxy) is 2. The van der Waals surface area contributed by atoms with Gasteiger partial charge in [0, 0.05) is 6.04 Å². The van der Waals surface area contributed by atoms with Crippen LogP contribution in [0.1, 0.15) is 18.9 Å². The SMILES string of the molecule is COc1ccc(Oc2ncc3ncc(=O)n(C4CC4)c3n2)cc1. The highest BCUT2D eigenvalue weighted by Gasteiger charge is 2.27. The number of rotatable bonds is 4. The lowest BCUT2D eigenvalue weighted by Crippen LogP contribution is -2.20. The van der Waals surface area contributed by atoms with Crippen LogP contribution in [0.5, 0.6) is 17.5 Å². The number of nitrogens with zero attached hydrogens (tertiary/aromatic N) is 4. The summed E-state index contributed by atoms with van der Waals surface area (Å²) >= 11 is 0. The van der Waals surface area contributed by atoms with Gasteiger partial charge in [-0.1, -0.05) is 0 Å². The van der Waals surface area contributed by atoms with E-state index in [9.17, 15) is 4.79 Å². The Morgan fingerprint density at radius 1 is 1.09 bits per heavy atom. The lowest BCUT2D eigenvalue weighted by atomic mass is 10.3. The quantitative estimate of drug-likeness (QED) is 0.736. The van der Waals surface area contributed by atoms with Gasteiger partial charge in [0.05, 0.1) is 19.5 Å². The molecule has 7 nitrogen and oxygen atoms in total. The topological polar surface area (TPSA) is 79.1 Å². The van der Waals surface area contributed by atoms with E-state index in [4.69, 9.17) is 9.47 Å². The van der Waals surface area contributed by atoms with Crippen LogP contribution < -0.4 is 15.0 Å². The molecule has 0 atom stereocenters. The van der Waals surface area contributed by atoms with Crippen molar-refractivity contribution in [3.8, 4) is 17.5 Å². The van der Waals surface area contributed by atoms with Crippen LogP contribution in [-0.4, -0.2) is 26.6 Å². The van der Waals surface area contributed by atoms with E-state index >= 15 is 0 Å². The fraction of sp³-hybridized carbons (Fsp3) is 0.250.